The monoisotopic (exact) mass is 261 g/mol. The molecule has 2 rings (SSSR count). The standard InChI is InChI=1S/C16H27N3/c1-4-13(3)12-19(5-2)16-14(7-6-10-17-16)11-18-15-8-9-15/h6-7,10,13,15,18H,4-5,8-9,11-12H2,1-3H3. The van der Waals surface area contributed by atoms with Crippen molar-refractivity contribution in [1.29, 1.82) is 0 Å². The van der Waals surface area contributed by atoms with Crippen molar-refractivity contribution in [3.63, 3.8) is 0 Å². The van der Waals surface area contributed by atoms with Gasteiger partial charge in [0.15, 0.2) is 0 Å². The number of rotatable bonds is 8. The van der Waals surface area contributed by atoms with Gasteiger partial charge in [-0.3, -0.25) is 0 Å². The van der Waals surface area contributed by atoms with Crippen LogP contribution in [0.1, 0.15) is 45.6 Å². The molecule has 0 aliphatic heterocycles. The van der Waals surface area contributed by atoms with Gasteiger partial charge in [0.05, 0.1) is 0 Å². The van der Waals surface area contributed by atoms with Crippen molar-refractivity contribution in [3.05, 3.63) is 23.9 Å². The van der Waals surface area contributed by atoms with E-state index in [4.69, 9.17) is 0 Å². The topological polar surface area (TPSA) is 28.2 Å². The maximum absolute atomic E-state index is 4.62. The molecule has 1 fully saturated rings. The van der Waals surface area contributed by atoms with Crippen molar-refractivity contribution in [2.45, 2.75) is 52.6 Å². The van der Waals surface area contributed by atoms with Crippen LogP contribution in [0.4, 0.5) is 5.82 Å². The summed E-state index contributed by atoms with van der Waals surface area (Å²) in [5, 5.41) is 3.59. The molecule has 0 spiro atoms. The Morgan fingerprint density at radius 1 is 1.42 bits per heavy atom. The molecule has 106 valence electrons. The Kier molecular flexibility index (Phi) is 5.20. The number of anilines is 1. The number of pyridine rings is 1. The van der Waals surface area contributed by atoms with E-state index in [0.29, 0.717) is 5.92 Å². The molecule has 0 amide bonds. The highest BCUT2D eigenvalue weighted by Gasteiger charge is 2.21. The average molecular weight is 261 g/mol. The third-order valence-corrected chi connectivity index (χ3v) is 3.94. The molecule has 1 atom stereocenters. The van der Waals surface area contributed by atoms with Crippen LogP contribution in [0, 0.1) is 5.92 Å². The Bertz CT molecular complexity index is 387. The summed E-state index contributed by atoms with van der Waals surface area (Å²) in [6.45, 7) is 9.86. The molecule has 1 heterocycles. The normalized spacial score (nSPS) is 16.4. The molecule has 1 aliphatic carbocycles. The van der Waals surface area contributed by atoms with Crippen LogP contribution in [-0.2, 0) is 6.54 Å². The Hall–Kier alpha value is -1.09. The van der Waals surface area contributed by atoms with Gasteiger partial charge >= 0.3 is 0 Å². The third kappa shape index (κ3) is 4.20. The number of nitrogens with zero attached hydrogens (tertiary/aromatic N) is 2. The molecule has 1 aliphatic rings. The summed E-state index contributed by atoms with van der Waals surface area (Å²) in [7, 11) is 0. The molecule has 0 radical (unpaired) electrons. The van der Waals surface area contributed by atoms with Gasteiger partial charge in [0.1, 0.15) is 5.82 Å². The van der Waals surface area contributed by atoms with Crippen molar-refractivity contribution in [3.8, 4) is 0 Å². The highest BCUT2D eigenvalue weighted by Crippen LogP contribution is 2.22. The minimum absolute atomic E-state index is 0.714. The smallest absolute Gasteiger partial charge is 0.133 e. The second kappa shape index (κ2) is 6.90. The van der Waals surface area contributed by atoms with Crippen LogP contribution in [0.2, 0.25) is 0 Å². The second-order valence-corrected chi connectivity index (χ2v) is 5.69. The van der Waals surface area contributed by atoms with E-state index in [1.54, 1.807) is 0 Å². The molecule has 1 N–H and O–H groups in total. The number of hydrogen-bond donors (Lipinski definition) is 1. The molecule has 0 saturated heterocycles. The van der Waals surface area contributed by atoms with Crippen LogP contribution in [-0.4, -0.2) is 24.1 Å². The summed E-state index contributed by atoms with van der Waals surface area (Å²) >= 11 is 0. The number of hydrogen-bond acceptors (Lipinski definition) is 3. The molecule has 1 aromatic heterocycles. The van der Waals surface area contributed by atoms with Gasteiger partial charge in [0.2, 0.25) is 0 Å². The fraction of sp³-hybridized carbons (Fsp3) is 0.688. The largest absolute Gasteiger partial charge is 0.356 e. The van der Waals surface area contributed by atoms with Gasteiger partial charge in [-0.05, 0) is 31.7 Å². The zero-order chi connectivity index (χ0) is 13.7. The minimum atomic E-state index is 0.714. The Morgan fingerprint density at radius 3 is 2.84 bits per heavy atom. The van der Waals surface area contributed by atoms with Crippen LogP contribution in [0.15, 0.2) is 18.3 Å². The summed E-state index contributed by atoms with van der Waals surface area (Å²) in [5.41, 5.74) is 1.33. The summed E-state index contributed by atoms with van der Waals surface area (Å²) in [6, 6.07) is 5.00. The van der Waals surface area contributed by atoms with Crippen molar-refractivity contribution in [2.75, 3.05) is 18.0 Å². The Morgan fingerprint density at radius 2 is 2.21 bits per heavy atom. The first-order chi connectivity index (χ1) is 9.24. The first-order valence-corrected chi connectivity index (χ1v) is 7.66. The van der Waals surface area contributed by atoms with Gasteiger partial charge in [-0.2, -0.15) is 0 Å². The molecule has 3 nitrogen and oxygen atoms in total. The summed E-state index contributed by atoms with van der Waals surface area (Å²) in [5.74, 6) is 1.88. The summed E-state index contributed by atoms with van der Waals surface area (Å²) < 4.78 is 0. The maximum atomic E-state index is 4.62. The maximum Gasteiger partial charge on any atom is 0.133 e. The van der Waals surface area contributed by atoms with Gasteiger partial charge in [-0.1, -0.05) is 26.3 Å². The van der Waals surface area contributed by atoms with E-state index >= 15 is 0 Å². The van der Waals surface area contributed by atoms with Gasteiger partial charge in [0, 0.05) is 37.4 Å². The van der Waals surface area contributed by atoms with Crippen molar-refractivity contribution in [1.82, 2.24) is 10.3 Å². The first kappa shape index (κ1) is 14.3. The average Bonchev–Trinajstić information content (AvgIpc) is 3.27. The molecule has 0 aromatic carbocycles. The molecule has 1 unspecified atom stereocenters. The van der Waals surface area contributed by atoms with Crippen LogP contribution in [0.25, 0.3) is 0 Å². The lowest BCUT2D eigenvalue weighted by molar-refractivity contribution is 0.543. The minimum Gasteiger partial charge on any atom is -0.356 e. The molecule has 0 bridgehead atoms. The molecule has 19 heavy (non-hydrogen) atoms. The fourth-order valence-corrected chi connectivity index (χ4v) is 2.27. The van der Waals surface area contributed by atoms with E-state index in [-0.39, 0.29) is 0 Å². The van der Waals surface area contributed by atoms with E-state index in [1.165, 1.54) is 30.6 Å². The highest BCUT2D eigenvalue weighted by molar-refractivity contribution is 5.46. The van der Waals surface area contributed by atoms with Crippen molar-refractivity contribution in [2.24, 2.45) is 5.92 Å². The predicted octanol–water partition coefficient (Wildman–Crippen LogP) is 3.21. The molecular formula is C16H27N3. The Labute approximate surface area is 117 Å². The van der Waals surface area contributed by atoms with Crippen LogP contribution in [0.3, 0.4) is 0 Å². The van der Waals surface area contributed by atoms with Crippen LogP contribution >= 0.6 is 0 Å². The van der Waals surface area contributed by atoms with Gasteiger partial charge in [-0.25, -0.2) is 4.98 Å². The zero-order valence-corrected chi connectivity index (χ0v) is 12.5. The van der Waals surface area contributed by atoms with E-state index in [2.05, 4.69) is 42.0 Å². The molecule has 1 aromatic rings. The lowest BCUT2D eigenvalue weighted by Crippen LogP contribution is -2.30. The third-order valence-electron chi connectivity index (χ3n) is 3.94. The molecular weight excluding hydrogens is 234 g/mol. The zero-order valence-electron chi connectivity index (χ0n) is 12.5. The van der Waals surface area contributed by atoms with Gasteiger partial charge in [0.25, 0.3) is 0 Å². The van der Waals surface area contributed by atoms with Crippen molar-refractivity contribution >= 4 is 5.82 Å². The van der Waals surface area contributed by atoms with Gasteiger partial charge in [-0.15, -0.1) is 0 Å². The van der Waals surface area contributed by atoms with Gasteiger partial charge < -0.3 is 10.2 Å². The van der Waals surface area contributed by atoms with E-state index in [0.717, 1.165) is 25.7 Å². The van der Waals surface area contributed by atoms with E-state index < -0.39 is 0 Å². The fourth-order valence-electron chi connectivity index (χ4n) is 2.27. The van der Waals surface area contributed by atoms with Crippen LogP contribution in [0.5, 0.6) is 0 Å². The second-order valence-electron chi connectivity index (χ2n) is 5.69. The summed E-state index contributed by atoms with van der Waals surface area (Å²) in [6.07, 6.45) is 5.80. The lowest BCUT2D eigenvalue weighted by Gasteiger charge is -2.27. The van der Waals surface area contributed by atoms with E-state index in [1.807, 2.05) is 12.3 Å². The first-order valence-electron chi connectivity index (χ1n) is 7.66. The van der Waals surface area contributed by atoms with Crippen LogP contribution < -0.4 is 10.2 Å². The predicted molar refractivity (Wildman–Crippen MR) is 81.4 cm³/mol. The Balaban J connectivity index is 2.06. The summed E-state index contributed by atoms with van der Waals surface area (Å²) in [4.78, 5) is 7.04. The van der Waals surface area contributed by atoms with E-state index in [9.17, 15) is 0 Å². The quantitative estimate of drug-likeness (QED) is 0.779. The number of aromatic nitrogens is 1. The highest BCUT2D eigenvalue weighted by atomic mass is 15.2. The van der Waals surface area contributed by atoms with Crippen molar-refractivity contribution < 1.29 is 0 Å². The number of nitrogens with one attached hydrogen (secondary N) is 1. The molecule has 3 heteroatoms. The molecule has 1 saturated carbocycles. The lowest BCUT2D eigenvalue weighted by atomic mass is 10.1. The SMILES string of the molecule is CCC(C)CN(CC)c1ncccc1CNC1CC1.